The van der Waals surface area contributed by atoms with Gasteiger partial charge in [0.2, 0.25) is 5.89 Å². The maximum Gasteiger partial charge on any atom is 0.226 e. The van der Waals surface area contributed by atoms with E-state index in [1.54, 1.807) is 7.05 Å². The summed E-state index contributed by atoms with van der Waals surface area (Å²) in [6.07, 6.45) is 2.93. The Hall–Kier alpha value is -1.63. The molecule has 0 aliphatic heterocycles. The van der Waals surface area contributed by atoms with Crippen molar-refractivity contribution in [1.82, 2.24) is 20.8 Å². The quantitative estimate of drug-likeness (QED) is 0.388. The van der Waals surface area contributed by atoms with Crippen molar-refractivity contribution in [2.75, 3.05) is 26.7 Å². The summed E-state index contributed by atoms with van der Waals surface area (Å²) in [6, 6.07) is 0. The molecule has 23 heavy (non-hydrogen) atoms. The molecule has 1 heterocycles. The zero-order valence-corrected chi connectivity index (χ0v) is 15.1. The Bertz CT molecular complexity index is 459. The van der Waals surface area contributed by atoms with Gasteiger partial charge in [-0.1, -0.05) is 19.0 Å². The van der Waals surface area contributed by atoms with E-state index in [1.165, 1.54) is 0 Å². The van der Waals surface area contributed by atoms with Gasteiger partial charge in [0, 0.05) is 33.2 Å². The molecule has 1 atom stereocenters. The molecule has 0 aliphatic carbocycles. The van der Waals surface area contributed by atoms with Gasteiger partial charge in [-0.25, -0.2) is 0 Å². The van der Waals surface area contributed by atoms with Crippen molar-refractivity contribution in [3.05, 3.63) is 11.7 Å². The normalized spacial score (nSPS) is 13.4. The van der Waals surface area contributed by atoms with Crippen molar-refractivity contribution in [1.29, 1.82) is 0 Å². The summed E-state index contributed by atoms with van der Waals surface area (Å²) < 4.78 is 10.8. The smallest absolute Gasteiger partial charge is 0.226 e. The summed E-state index contributed by atoms with van der Waals surface area (Å²) in [5, 5.41) is 10.4. The van der Waals surface area contributed by atoms with Crippen LogP contribution in [0.1, 0.15) is 45.3 Å². The predicted molar refractivity (Wildman–Crippen MR) is 91.6 cm³/mol. The van der Waals surface area contributed by atoms with Crippen LogP contribution in [0.4, 0.5) is 0 Å². The van der Waals surface area contributed by atoms with Crippen molar-refractivity contribution in [2.45, 2.75) is 53.1 Å². The van der Waals surface area contributed by atoms with Gasteiger partial charge in [-0.15, -0.1) is 0 Å². The minimum atomic E-state index is 0.284. The highest BCUT2D eigenvalue weighted by Gasteiger charge is 2.12. The van der Waals surface area contributed by atoms with E-state index in [9.17, 15) is 0 Å². The third-order valence-electron chi connectivity index (χ3n) is 3.50. The molecule has 0 spiro atoms. The van der Waals surface area contributed by atoms with Crippen LogP contribution < -0.4 is 10.6 Å². The number of aryl methyl sites for hydroxylation is 2. The lowest BCUT2D eigenvalue weighted by Gasteiger charge is -2.21. The average molecular weight is 325 g/mol. The second kappa shape index (κ2) is 11.0. The number of hydrogen-bond donors (Lipinski definition) is 2. The van der Waals surface area contributed by atoms with Gasteiger partial charge in [-0.05, 0) is 32.6 Å². The minimum absolute atomic E-state index is 0.284. The van der Waals surface area contributed by atoms with Crippen molar-refractivity contribution >= 4 is 5.96 Å². The van der Waals surface area contributed by atoms with E-state index in [-0.39, 0.29) is 6.10 Å². The molecule has 0 bridgehead atoms. The number of ether oxygens (including phenoxy) is 1. The Labute approximate surface area is 139 Å². The molecule has 0 radical (unpaired) electrons. The van der Waals surface area contributed by atoms with Gasteiger partial charge in [-0.2, -0.15) is 4.98 Å². The number of guanidine groups is 1. The van der Waals surface area contributed by atoms with Crippen molar-refractivity contribution in [2.24, 2.45) is 10.9 Å². The fourth-order valence-electron chi connectivity index (χ4n) is 2.26. The molecule has 0 aliphatic rings. The van der Waals surface area contributed by atoms with Crippen LogP contribution in [-0.2, 0) is 11.2 Å². The fourth-order valence-corrected chi connectivity index (χ4v) is 2.26. The molecule has 1 aromatic rings. The molecule has 0 saturated heterocycles. The van der Waals surface area contributed by atoms with Gasteiger partial charge >= 0.3 is 0 Å². The maximum absolute atomic E-state index is 5.74. The molecule has 1 aromatic heterocycles. The standard InChI is InChI=1S/C16H31N5O2/c1-6-22-14(12(2)3)9-11-19-16(17-5)18-10-7-8-15-20-13(4)21-23-15/h12,14H,6-11H2,1-5H3,(H2,17,18,19). The average Bonchev–Trinajstić information content (AvgIpc) is 2.93. The second-order valence-electron chi connectivity index (χ2n) is 5.79. The summed E-state index contributed by atoms with van der Waals surface area (Å²) in [5.74, 6) is 2.69. The first-order chi connectivity index (χ1) is 11.1. The number of nitrogens with zero attached hydrogens (tertiary/aromatic N) is 3. The van der Waals surface area contributed by atoms with E-state index in [0.717, 1.165) is 44.9 Å². The summed E-state index contributed by atoms with van der Waals surface area (Å²) in [7, 11) is 1.78. The molecule has 0 aromatic carbocycles. The third kappa shape index (κ3) is 7.97. The van der Waals surface area contributed by atoms with E-state index < -0.39 is 0 Å². The zero-order chi connectivity index (χ0) is 17.1. The molecule has 1 unspecified atom stereocenters. The van der Waals surface area contributed by atoms with Gasteiger partial charge in [0.05, 0.1) is 6.10 Å². The highest BCUT2D eigenvalue weighted by molar-refractivity contribution is 5.79. The van der Waals surface area contributed by atoms with Gasteiger partial charge in [0.1, 0.15) is 0 Å². The Kier molecular flexibility index (Phi) is 9.28. The first kappa shape index (κ1) is 19.4. The summed E-state index contributed by atoms with van der Waals surface area (Å²) in [6.45, 7) is 10.6. The summed E-state index contributed by atoms with van der Waals surface area (Å²) in [4.78, 5) is 8.41. The molecule has 0 saturated carbocycles. The summed E-state index contributed by atoms with van der Waals surface area (Å²) >= 11 is 0. The van der Waals surface area contributed by atoms with E-state index in [0.29, 0.717) is 17.6 Å². The monoisotopic (exact) mass is 325 g/mol. The fraction of sp³-hybridized carbons (Fsp3) is 0.812. The maximum atomic E-state index is 5.74. The number of rotatable bonds is 10. The lowest BCUT2D eigenvalue weighted by atomic mass is 10.0. The largest absolute Gasteiger partial charge is 0.378 e. The number of hydrogen-bond acceptors (Lipinski definition) is 5. The lowest BCUT2D eigenvalue weighted by Crippen LogP contribution is -2.39. The Morgan fingerprint density at radius 3 is 2.61 bits per heavy atom. The van der Waals surface area contributed by atoms with Crippen LogP contribution in [0.3, 0.4) is 0 Å². The van der Waals surface area contributed by atoms with Crippen LogP contribution in [0.25, 0.3) is 0 Å². The summed E-state index contributed by atoms with van der Waals surface area (Å²) in [5.41, 5.74) is 0. The van der Waals surface area contributed by atoms with Crippen LogP contribution in [0, 0.1) is 12.8 Å². The second-order valence-corrected chi connectivity index (χ2v) is 5.79. The minimum Gasteiger partial charge on any atom is -0.378 e. The SMILES string of the molecule is CCOC(CCNC(=NC)NCCCc1nc(C)no1)C(C)C. The molecule has 0 fully saturated rings. The topological polar surface area (TPSA) is 84.6 Å². The van der Waals surface area contributed by atoms with Crippen molar-refractivity contribution < 1.29 is 9.26 Å². The van der Waals surface area contributed by atoms with Gasteiger partial charge in [-0.3, -0.25) is 4.99 Å². The molecule has 0 amide bonds. The van der Waals surface area contributed by atoms with E-state index >= 15 is 0 Å². The van der Waals surface area contributed by atoms with Crippen molar-refractivity contribution in [3.8, 4) is 0 Å². The molecule has 132 valence electrons. The third-order valence-corrected chi connectivity index (χ3v) is 3.50. The Morgan fingerprint density at radius 1 is 1.30 bits per heavy atom. The molecular weight excluding hydrogens is 294 g/mol. The van der Waals surface area contributed by atoms with Crippen molar-refractivity contribution in [3.63, 3.8) is 0 Å². The first-order valence-corrected chi connectivity index (χ1v) is 8.42. The van der Waals surface area contributed by atoms with Gasteiger partial charge in [0.15, 0.2) is 11.8 Å². The highest BCUT2D eigenvalue weighted by Crippen LogP contribution is 2.09. The van der Waals surface area contributed by atoms with E-state index in [2.05, 4.69) is 39.6 Å². The first-order valence-electron chi connectivity index (χ1n) is 8.42. The molecular formula is C16H31N5O2. The highest BCUT2D eigenvalue weighted by atomic mass is 16.5. The van der Waals surface area contributed by atoms with Crippen LogP contribution in [-0.4, -0.2) is 48.9 Å². The van der Waals surface area contributed by atoms with Crippen LogP contribution in [0.15, 0.2) is 9.52 Å². The molecule has 2 N–H and O–H groups in total. The lowest BCUT2D eigenvalue weighted by molar-refractivity contribution is 0.0258. The molecule has 7 heteroatoms. The van der Waals surface area contributed by atoms with Crippen LogP contribution >= 0.6 is 0 Å². The predicted octanol–water partition coefficient (Wildman–Crippen LogP) is 1.93. The Morgan fingerprint density at radius 2 is 2.04 bits per heavy atom. The Balaban J connectivity index is 2.18. The zero-order valence-electron chi connectivity index (χ0n) is 15.1. The van der Waals surface area contributed by atoms with Crippen LogP contribution in [0.2, 0.25) is 0 Å². The number of aromatic nitrogens is 2. The molecule has 1 rings (SSSR count). The van der Waals surface area contributed by atoms with E-state index in [1.807, 2.05) is 13.8 Å². The van der Waals surface area contributed by atoms with Crippen LogP contribution in [0.5, 0.6) is 0 Å². The van der Waals surface area contributed by atoms with Gasteiger partial charge < -0.3 is 19.9 Å². The van der Waals surface area contributed by atoms with Gasteiger partial charge in [0.25, 0.3) is 0 Å². The van der Waals surface area contributed by atoms with E-state index in [4.69, 9.17) is 9.26 Å². The number of aliphatic imine (C=N–C) groups is 1. The molecule has 7 nitrogen and oxygen atoms in total. The number of nitrogens with one attached hydrogen (secondary N) is 2.